The molecule has 0 bridgehead atoms. The van der Waals surface area contributed by atoms with Crippen LogP contribution in [-0.2, 0) is 15.8 Å². The van der Waals surface area contributed by atoms with Gasteiger partial charge in [0.1, 0.15) is 5.60 Å². The molecule has 1 rings (SSSR count). The first-order valence-corrected chi connectivity index (χ1v) is 7.00. The van der Waals surface area contributed by atoms with E-state index in [2.05, 4.69) is 5.32 Å². The number of carbonyl (C=O) groups excluding carboxylic acids is 1. The number of hydrogen-bond donors (Lipinski definition) is 1. The van der Waals surface area contributed by atoms with E-state index in [0.29, 0.717) is 6.54 Å². The van der Waals surface area contributed by atoms with E-state index in [1.807, 2.05) is 0 Å². The predicted molar refractivity (Wildman–Crippen MR) is 64.3 cm³/mol. The molecular formula is C11H20NNaO4S. The van der Waals surface area contributed by atoms with Crippen LogP contribution in [0.3, 0.4) is 0 Å². The molecule has 0 aliphatic heterocycles. The van der Waals surface area contributed by atoms with Crippen LogP contribution in [0.4, 0.5) is 4.79 Å². The van der Waals surface area contributed by atoms with E-state index >= 15 is 0 Å². The summed E-state index contributed by atoms with van der Waals surface area (Å²) >= 11 is -2.06. The van der Waals surface area contributed by atoms with Gasteiger partial charge in [-0.3, -0.25) is 4.21 Å². The maximum absolute atomic E-state index is 11.4. The van der Waals surface area contributed by atoms with Crippen molar-refractivity contribution in [3.8, 4) is 0 Å². The molecule has 1 aliphatic carbocycles. The molecule has 0 aromatic carbocycles. The summed E-state index contributed by atoms with van der Waals surface area (Å²) in [4.78, 5) is 11.4. The molecule has 0 aromatic rings. The Balaban J connectivity index is 0.00000289. The molecule has 100 valence electrons. The van der Waals surface area contributed by atoms with Crippen molar-refractivity contribution in [3.63, 3.8) is 0 Å². The molecule has 1 saturated carbocycles. The minimum Gasteiger partial charge on any atom is -0.772 e. The monoisotopic (exact) mass is 285 g/mol. The van der Waals surface area contributed by atoms with E-state index in [9.17, 15) is 13.6 Å². The zero-order valence-corrected chi connectivity index (χ0v) is 14.4. The Labute approximate surface area is 133 Å². The van der Waals surface area contributed by atoms with Crippen molar-refractivity contribution in [2.45, 2.75) is 45.6 Å². The maximum atomic E-state index is 11.4. The first kappa shape index (κ1) is 18.4. The fourth-order valence-electron chi connectivity index (χ4n) is 1.87. The van der Waals surface area contributed by atoms with Gasteiger partial charge in [0.25, 0.3) is 0 Å². The van der Waals surface area contributed by atoms with Crippen molar-refractivity contribution in [1.82, 2.24) is 5.32 Å². The number of ether oxygens (including phenoxy) is 1. The van der Waals surface area contributed by atoms with Crippen molar-refractivity contribution in [2.75, 3.05) is 12.3 Å². The first-order chi connectivity index (χ1) is 7.72. The van der Waals surface area contributed by atoms with Gasteiger partial charge >= 0.3 is 35.7 Å². The molecule has 1 aliphatic rings. The van der Waals surface area contributed by atoms with Gasteiger partial charge in [0.05, 0.1) is 0 Å². The van der Waals surface area contributed by atoms with Crippen LogP contribution in [0.5, 0.6) is 0 Å². The fourth-order valence-corrected chi connectivity index (χ4v) is 2.76. The summed E-state index contributed by atoms with van der Waals surface area (Å²) in [6.07, 6.45) is 2.22. The summed E-state index contributed by atoms with van der Waals surface area (Å²) in [5.74, 6) is 0.114. The van der Waals surface area contributed by atoms with Crippen LogP contribution in [-0.4, -0.2) is 32.8 Å². The molecule has 1 fully saturated rings. The van der Waals surface area contributed by atoms with Gasteiger partial charge in [-0.1, -0.05) is 17.5 Å². The van der Waals surface area contributed by atoms with Crippen molar-refractivity contribution in [3.05, 3.63) is 0 Å². The molecule has 0 spiro atoms. The zero-order chi connectivity index (χ0) is 13.1. The first-order valence-electron chi connectivity index (χ1n) is 5.75. The summed E-state index contributed by atoms with van der Waals surface area (Å²) in [6, 6.07) is 0. The van der Waals surface area contributed by atoms with Gasteiger partial charge in [-0.2, -0.15) is 0 Å². The standard InChI is InChI=1S/C11H21NO4S.Na/c1-10(2,3)16-9(13)12-7-11(5-4-6-11)8-17(14)15;/h4-8H2,1-3H3,(H,12,13)(H,14,15);/q;+1/p-1. The van der Waals surface area contributed by atoms with E-state index in [0.717, 1.165) is 19.3 Å². The Bertz CT molecular complexity index is 313. The molecule has 5 nitrogen and oxygen atoms in total. The van der Waals surface area contributed by atoms with Crippen LogP contribution in [0.25, 0.3) is 0 Å². The summed E-state index contributed by atoms with van der Waals surface area (Å²) in [6.45, 7) is 5.74. The average molecular weight is 285 g/mol. The second-order valence-electron chi connectivity index (χ2n) is 5.66. The number of carbonyl (C=O) groups is 1. The number of nitrogens with one attached hydrogen (secondary N) is 1. The Morgan fingerprint density at radius 1 is 1.44 bits per heavy atom. The molecule has 0 heterocycles. The van der Waals surface area contributed by atoms with E-state index in [1.54, 1.807) is 20.8 Å². The van der Waals surface area contributed by atoms with Crippen molar-refractivity contribution >= 4 is 17.2 Å². The van der Waals surface area contributed by atoms with Crippen LogP contribution in [0, 0.1) is 5.41 Å². The quantitative estimate of drug-likeness (QED) is 0.507. The Hall–Kier alpha value is 0.380. The van der Waals surface area contributed by atoms with Crippen molar-refractivity contribution < 1.29 is 47.9 Å². The van der Waals surface area contributed by atoms with Gasteiger partial charge in [-0.05, 0) is 39.0 Å². The second-order valence-corrected chi connectivity index (χ2v) is 6.55. The van der Waals surface area contributed by atoms with Gasteiger partial charge in [0.2, 0.25) is 0 Å². The minimum absolute atomic E-state index is 0. The topological polar surface area (TPSA) is 78.5 Å². The van der Waals surface area contributed by atoms with E-state index in [-0.39, 0.29) is 40.7 Å². The molecule has 7 heteroatoms. The molecule has 0 radical (unpaired) electrons. The SMILES string of the molecule is CC(C)(C)OC(=O)NCC1(CS(=O)[O-])CCC1.[Na+]. The maximum Gasteiger partial charge on any atom is 1.00 e. The van der Waals surface area contributed by atoms with Crippen LogP contribution in [0.15, 0.2) is 0 Å². The molecule has 1 atom stereocenters. The summed E-state index contributed by atoms with van der Waals surface area (Å²) in [7, 11) is 0. The van der Waals surface area contributed by atoms with Crippen LogP contribution in [0.1, 0.15) is 40.0 Å². The van der Waals surface area contributed by atoms with Crippen LogP contribution >= 0.6 is 0 Å². The number of alkyl carbamates (subject to hydrolysis) is 1. The number of amides is 1. The fraction of sp³-hybridized carbons (Fsp3) is 0.909. The van der Waals surface area contributed by atoms with Gasteiger partial charge in [0, 0.05) is 12.3 Å². The van der Waals surface area contributed by atoms with E-state index in [4.69, 9.17) is 4.74 Å². The third kappa shape index (κ3) is 6.52. The van der Waals surface area contributed by atoms with Crippen molar-refractivity contribution in [2.24, 2.45) is 5.41 Å². The van der Waals surface area contributed by atoms with E-state index < -0.39 is 22.8 Å². The number of hydrogen-bond acceptors (Lipinski definition) is 4. The Kier molecular flexibility index (Phi) is 7.39. The predicted octanol–water partition coefficient (Wildman–Crippen LogP) is -1.44. The average Bonchev–Trinajstić information content (AvgIpc) is 2.05. The van der Waals surface area contributed by atoms with Gasteiger partial charge in [-0.25, -0.2) is 4.79 Å². The third-order valence-corrected chi connectivity index (χ3v) is 3.69. The van der Waals surface area contributed by atoms with E-state index in [1.165, 1.54) is 0 Å². The molecule has 1 amide bonds. The summed E-state index contributed by atoms with van der Waals surface area (Å²) in [5.41, 5.74) is -0.804. The molecule has 0 saturated heterocycles. The second kappa shape index (κ2) is 7.24. The normalized spacial score (nSPS) is 19.1. The van der Waals surface area contributed by atoms with Gasteiger partial charge in [0.15, 0.2) is 0 Å². The summed E-state index contributed by atoms with van der Waals surface area (Å²) < 4.78 is 26.6. The molecule has 18 heavy (non-hydrogen) atoms. The zero-order valence-electron chi connectivity index (χ0n) is 11.6. The minimum atomic E-state index is -2.06. The Morgan fingerprint density at radius 3 is 2.33 bits per heavy atom. The molecule has 1 N–H and O–H groups in total. The van der Waals surface area contributed by atoms with Gasteiger partial charge < -0.3 is 14.6 Å². The largest absolute Gasteiger partial charge is 1.00 e. The number of rotatable bonds is 4. The van der Waals surface area contributed by atoms with Gasteiger partial charge in [-0.15, -0.1) is 0 Å². The van der Waals surface area contributed by atoms with Crippen LogP contribution in [0.2, 0.25) is 0 Å². The third-order valence-electron chi connectivity index (χ3n) is 2.84. The van der Waals surface area contributed by atoms with Crippen molar-refractivity contribution in [1.29, 1.82) is 0 Å². The molecule has 1 unspecified atom stereocenters. The molecule has 0 aromatic heterocycles. The van der Waals surface area contributed by atoms with Crippen LogP contribution < -0.4 is 34.9 Å². The smallest absolute Gasteiger partial charge is 0.772 e. The molecular weight excluding hydrogens is 265 g/mol. The summed E-state index contributed by atoms with van der Waals surface area (Å²) in [5, 5.41) is 2.65. The Morgan fingerprint density at radius 2 is 2.00 bits per heavy atom.